The molecule has 0 heterocycles. The zero-order valence-electron chi connectivity index (χ0n) is 16.4. The highest BCUT2D eigenvalue weighted by Crippen LogP contribution is 2.50. The lowest BCUT2D eigenvalue weighted by atomic mass is 10.2. The molecule has 3 aromatic rings. The van der Waals surface area contributed by atoms with Crippen molar-refractivity contribution in [3.63, 3.8) is 0 Å². The van der Waals surface area contributed by atoms with Crippen molar-refractivity contribution in [2.24, 2.45) is 0 Å². The lowest BCUT2D eigenvalue weighted by Gasteiger charge is -2.25. The Morgan fingerprint density at radius 3 is 1.87 bits per heavy atom. The van der Waals surface area contributed by atoms with Gasteiger partial charge in [0.05, 0.1) is 0 Å². The van der Waals surface area contributed by atoms with Crippen LogP contribution in [0.1, 0.15) is 5.56 Å². The Morgan fingerprint density at radius 2 is 1.40 bits per heavy atom. The summed E-state index contributed by atoms with van der Waals surface area (Å²) in [6.07, 6.45) is -0.221. The maximum atomic E-state index is 13.7. The molecule has 0 saturated heterocycles. The van der Waals surface area contributed by atoms with E-state index in [4.69, 9.17) is 9.05 Å². The molecule has 1 N–H and O–H groups in total. The number of nitrogens with zero attached hydrogens (tertiary/aromatic N) is 1. The number of aryl methyl sites for hydroxylation is 1. The zero-order chi connectivity index (χ0) is 21.4. The van der Waals surface area contributed by atoms with Crippen LogP contribution in [0.4, 0.5) is 0 Å². The molecule has 30 heavy (non-hydrogen) atoms. The van der Waals surface area contributed by atoms with Crippen LogP contribution in [0.15, 0.2) is 89.8 Å². The Kier molecular flexibility index (Phi) is 7.57. The van der Waals surface area contributed by atoms with Gasteiger partial charge >= 0.3 is 13.6 Å². The number of aliphatic carboxylic acids is 1. The molecule has 156 valence electrons. The lowest BCUT2D eigenvalue weighted by molar-refractivity contribution is -0.136. The second-order valence-corrected chi connectivity index (χ2v) is 9.54. The highest BCUT2D eigenvalue weighted by Gasteiger charge is 2.33. The maximum Gasteiger partial charge on any atom is 0.445 e. The van der Waals surface area contributed by atoms with E-state index in [0.29, 0.717) is 11.5 Å². The monoisotopic (exact) mass is 443 g/mol. The van der Waals surface area contributed by atoms with Gasteiger partial charge in [0.2, 0.25) is 0 Å². The normalized spacial score (nSPS) is 11.3. The van der Waals surface area contributed by atoms with Crippen LogP contribution in [-0.4, -0.2) is 28.2 Å². The van der Waals surface area contributed by atoms with Gasteiger partial charge in [0.1, 0.15) is 24.3 Å². The predicted octanol–water partition coefficient (Wildman–Crippen LogP) is 5.70. The number of rotatable bonds is 10. The molecule has 3 rings (SSSR count). The highest BCUT2D eigenvalue weighted by atomic mass is 32.2. The lowest BCUT2D eigenvalue weighted by Crippen LogP contribution is -2.26. The third-order valence-electron chi connectivity index (χ3n) is 3.87. The fourth-order valence-corrected chi connectivity index (χ4v) is 5.47. The van der Waals surface area contributed by atoms with Crippen molar-refractivity contribution < 1.29 is 23.5 Å². The number of hydrogen-bond donors (Lipinski definition) is 1. The molecule has 0 aliphatic heterocycles. The smallest absolute Gasteiger partial charge is 0.445 e. The molecular formula is C22H22NO5PS. The number of carboxylic acid groups (broad SMARTS) is 1. The van der Waals surface area contributed by atoms with Crippen LogP contribution in [0.2, 0.25) is 0 Å². The first-order valence-electron chi connectivity index (χ1n) is 9.22. The number of carbonyl (C=O) groups is 1. The topological polar surface area (TPSA) is 76.1 Å². The Balaban J connectivity index is 1.85. The van der Waals surface area contributed by atoms with Crippen LogP contribution in [0.25, 0.3) is 0 Å². The highest BCUT2D eigenvalue weighted by molar-refractivity contribution is 7.97. The summed E-state index contributed by atoms with van der Waals surface area (Å²) < 4.78 is 26.7. The molecule has 0 aliphatic carbocycles. The second kappa shape index (κ2) is 10.3. The second-order valence-electron chi connectivity index (χ2n) is 6.50. The molecule has 0 radical (unpaired) electrons. The van der Waals surface area contributed by atoms with E-state index >= 15 is 0 Å². The van der Waals surface area contributed by atoms with E-state index in [1.807, 2.05) is 43.3 Å². The Hall–Kier alpha value is -2.73. The van der Waals surface area contributed by atoms with Crippen LogP contribution in [0.3, 0.4) is 0 Å². The molecule has 0 bridgehead atoms. The van der Waals surface area contributed by atoms with Crippen LogP contribution in [-0.2, 0) is 9.36 Å². The third-order valence-corrected chi connectivity index (χ3v) is 6.73. The van der Waals surface area contributed by atoms with E-state index in [9.17, 15) is 14.5 Å². The van der Waals surface area contributed by atoms with E-state index in [2.05, 4.69) is 0 Å². The van der Waals surface area contributed by atoms with Gasteiger partial charge in [0, 0.05) is 4.90 Å². The molecule has 0 spiro atoms. The van der Waals surface area contributed by atoms with Gasteiger partial charge in [0.15, 0.2) is 0 Å². The summed E-state index contributed by atoms with van der Waals surface area (Å²) in [4.78, 5) is 12.3. The summed E-state index contributed by atoms with van der Waals surface area (Å²) in [6.45, 7) is 1.64. The largest absolute Gasteiger partial charge is 0.480 e. The van der Waals surface area contributed by atoms with E-state index in [1.165, 1.54) is 16.3 Å². The van der Waals surface area contributed by atoms with Gasteiger partial charge in [-0.25, -0.2) is 8.87 Å². The fourth-order valence-electron chi connectivity index (χ4n) is 2.56. The van der Waals surface area contributed by atoms with Crippen molar-refractivity contribution in [3.8, 4) is 11.5 Å². The van der Waals surface area contributed by atoms with Crippen molar-refractivity contribution in [2.75, 3.05) is 12.8 Å². The fraction of sp³-hybridized carbons (Fsp3) is 0.136. The zero-order valence-corrected chi connectivity index (χ0v) is 18.1. The first kappa shape index (κ1) is 22.0. The minimum absolute atomic E-state index is 0.221. The average molecular weight is 443 g/mol. The number of benzene rings is 3. The van der Waals surface area contributed by atoms with Crippen molar-refractivity contribution in [3.05, 3.63) is 90.5 Å². The average Bonchev–Trinajstić information content (AvgIpc) is 2.70. The Bertz CT molecular complexity index is 954. The third kappa shape index (κ3) is 6.95. The van der Waals surface area contributed by atoms with Crippen molar-refractivity contribution in [2.45, 2.75) is 11.8 Å². The molecule has 0 aliphatic rings. The summed E-state index contributed by atoms with van der Waals surface area (Å²) >= 11 is 1.19. The first-order chi connectivity index (χ1) is 14.4. The van der Waals surface area contributed by atoms with E-state index in [-0.39, 0.29) is 12.8 Å². The minimum atomic E-state index is -3.78. The molecule has 0 amide bonds. The molecule has 0 saturated carbocycles. The molecule has 8 heteroatoms. The molecule has 0 atom stereocenters. The number of para-hydroxylation sites is 2. The number of carboxylic acids is 1. The van der Waals surface area contributed by atoms with E-state index < -0.39 is 13.6 Å². The molecule has 0 fully saturated rings. The van der Waals surface area contributed by atoms with Crippen LogP contribution in [0, 0.1) is 6.92 Å². The van der Waals surface area contributed by atoms with Gasteiger partial charge in [-0.1, -0.05) is 54.1 Å². The first-order valence-corrected chi connectivity index (χ1v) is 11.7. The van der Waals surface area contributed by atoms with Crippen molar-refractivity contribution >= 4 is 25.5 Å². The van der Waals surface area contributed by atoms with Gasteiger partial charge in [-0.15, -0.1) is 0 Å². The molecule has 3 aromatic carbocycles. The molecular weight excluding hydrogens is 421 g/mol. The Morgan fingerprint density at radius 1 is 0.900 bits per heavy atom. The van der Waals surface area contributed by atoms with Gasteiger partial charge in [-0.3, -0.25) is 4.79 Å². The summed E-state index contributed by atoms with van der Waals surface area (Å²) in [5.74, 6) is -0.277. The van der Waals surface area contributed by atoms with E-state index in [1.54, 1.807) is 48.5 Å². The summed E-state index contributed by atoms with van der Waals surface area (Å²) in [7, 11) is -3.78. The molecule has 0 unspecified atom stereocenters. The Labute approximate surface area is 180 Å². The van der Waals surface area contributed by atoms with E-state index in [0.717, 1.165) is 10.5 Å². The van der Waals surface area contributed by atoms with Gasteiger partial charge < -0.3 is 14.2 Å². The van der Waals surface area contributed by atoms with Crippen LogP contribution in [0.5, 0.6) is 11.5 Å². The van der Waals surface area contributed by atoms with Crippen molar-refractivity contribution in [1.29, 1.82) is 0 Å². The molecule has 0 aromatic heterocycles. The van der Waals surface area contributed by atoms with Gasteiger partial charge in [0.25, 0.3) is 0 Å². The minimum Gasteiger partial charge on any atom is -0.480 e. The SMILES string of the molecule is Cc1ccc(SN(CC(=O)O)CP(=O)(Oc2ccccc2)Oc2ccccc2)cc1. The van der Waals surface area contributed by atoms with Crippen molar-refractivity contribution in [1.82, 2.24) is 4.31 Å². The summed E-state index contributed by atoms with van der Waals surface area (Å²) in [5.41, 5.74) is 1.09. The summed E-state index contributed by atoms with van der Waals surface area (Å²) in [6, 6.07) is 25.0. The predicted molar refractivity (Wildman–Crippen MR) is 118 cm³/mol. The van der Waals surface area contributed by atoms with Gasteiger partial charge in [-0.2, -0.15) is 0 Å². The summed E-state index contributed by atoms with van der Waals surface area (Å²) in [5, 5.41) is 9.36. The van der Waals surface area contributed by atoms with Crippen LogP contribution < -0.4 is 9.05 Å². The quantitative estimate of drug-likeness (QED) is 0.318. The van der Waals surface area contributed by atoms with Gasteiger partial charge in [-0.05, 0) is 55.3 Å². The molecule has 6 nitrogen and oxygen atoms in total. The maximum absolute atomic E-state index is 13.7. The van der Waals surface area contributed by atoms with Crippen LogP contribution >= 0.6 is 19.5 Å². The number of hydrogen-bond acceptors (Lipinski definition) is 6. The standard InChI is InChI=1S/C22H22NO5PS/c1-18-12-14-21(15-13-18)30-23(16-22(24)25)17-29(26,27-19-8-4-2-5-9-19)28-20-10-6-3-7-11-20/h2-15H,16-17H2,1H3,(H,24,25).